The molecule has 0 heterocycles. The summed E-state index contributed by atoms with van der Waals surface area (Å²) in [6.45, 7) is 4.30. The molecule has 0 amide bonds. The first-order valence-corrected chi connectivity index (χ1v) is 9.41. The van der Waals surface area contributed by atoms with Crippen LogP contribution in [0.1, 0.15) is 46.0 Å². The normalized spacial score (nSPS) is 15.4. The lowest BCUT2D eigenvalue weighted by Gasteiger charge is -2.40. The van der Waals surface area contributed by atoms with Crippen molar-refractivity contribution in [1.82, 2.24) is 0 Å². The van der Waals surface area contributed by atoms with Gasteiger partial charge in [0.05, 0.1) is 0 Å². The molecule has 0 aromatic rings. The van der Waals surface area contributed by atoms with E-state index in [0.717, 1.165) is 37.7 Å². The van der Waals surface area contributed by atoms with Crippen LogP contribution in [-0.2, 0) is 13.6 Å². The molecule has 0 bridgehead atoms. The minimum Gasteiger partial charge on any atom is -0.397 e. The molecule has 0 N–H and O–H groups in total. The second-order valence-electron chi connectivity index (χ2n) is 4.69. The van der Waals surface area contributed by atoms with Gasteiger partial charge in [-0.3, -0.25) is 0 Å². The molecule has 0 aromatic heterocycles. The van der Waals surface area contributed by atoms with Crippen molar-refractivity contribution in [2.24, 2.45) is 0 Å². The predicted molar refractivity (Wildman–Crippen MR) is 81.6 cm³/mol. The summed E-state index contributed by atoms with van der Waals surface area (Å²) in [5.74, 6) is 0.765. The smallest absolute Gasteiger partial charge is 0.345 e. The molecule has 0 aliphatic heterocycles. The first kappa shape index (κ1) is 18.2. The van der Waals surface area contributed by atoms with Crippen molar-refractivity contribution in [3.8, 4) is 0 Å². The third kappa shape index (κ3) is 4.37. The first-order valence-electron chi connectivity index (χ1n) is 6.81. The molecule has 0 aliphatic rings. The highest BCUT2D eigenvalue weighted by Crippen LogP contribution is 2.42. The lowest BCUT2D eigenvalue weighted by atomic mass is 10.2. The van der Waals surface area contributed by atoms with Crippen LogP contribution < -0.4 is 0 Å². The molecule has 0 saturated carbocycles. The van der Waals surface area contributed by atoms with E-state index in [0.29, 0.717) is 12.0 Å². The van der Waals surface area contributed by atoms with E-state index < -0.39 is 8.56 Å². The van der Waals surface area contributed by atoms with Crippen molar-refractivity contribution >= 4 is 27.5 Å². The van der Waals surface area contributed by atoms with Gasteiger partial charge in [-0.25, -0.2) is 0 Å². The Morgan fingerprint density at radius 3 is 1.94 bits per heavy atom. The fourth-order valence-corrected chi connectivity index (χ4v) is 7.97. The van der Waals surface area contributed by atoms with Gasteiger partial charge in [0.1, 0.15) is 6.29 Å². The van der Waals surface area contributed by atoms with Crippen LogP contribution in [0.15, 0.2) is 0 Å². The van der Waals surface area contributed by atoms with E-state index in [1.807, 2.05) is 0 Å². The minimum absolute atomic E-state index is 0.235. The summed E-state index contributed by atoms with van der Waals surface area (Å²) in [7, 11) is 1.09. The Balaban J connectivity index is 5.19. The second kappa shape index (κ2) is 10.0. The number of hydrogen-bond donors (Lipinski definition) is 1. The summed E-state index contributed by atoms with van der Waals surface area (Å²) < 4.78 is 11.7. The number of hydrogen-bond acceptors (Lipinski definition) is 4. The number of rotatable bonds is 11. The molecule has 0 rings (SSSR count). The minimum atomic E-state index is -2.37. The maximum atomic E-state index is 10.9. The Kier molecular flexibility index (Phi) is 10.1. The predicted octanol–water partition coefficient (Wildman–Crippen LogP) is 3.58. The molecule has 0 saturated heterocycles. The topological polar surface area (TPSA) is 35.5 Å². The molecule has 0 radical (unpaired) electrons. The third-order valence-corrected chi connectivity index (χ3v) is 9.01. The quantitative estimate of drug-likeness (QED) is 0.359. The van der Waals surface area contributed by atoms with E-state index in [1.165, 1.54) is 0 Å². The highest BCUT2D eigenvalue weighted by atomic mass is 32.1. The van der Waals surface area contributed by atoms with E-state index in [2.05, 4.69) is 26.5 Å². The van der Waals surface area contributed by atoms with Crippen LogP contribution in [0, 0.1) is 0 Å². The Morgan fingerprint density at radius 2 is 1.61 bits per heavy atom. The van der Waals surface area contributed by atoms with Crippen LogP contribution in [-0.4, -0.2) is 34.8 Å². The molecular formula is C13H28O3SSi. The monoisotopic (exact) mass is 292 g/mol. The van der Waals surface area contributed by atoms with E-state index in [9.17, 15) is 4.79 Å². The summed E-state index contributed by atoms with van der Waals surface area (Å²) in [5, 5.41) is 0. The molecule has 0 fully saturated rings. The van der Waals surface area contributed by atoms with Crippen LogP contribution >= 0.6 is 12.6 Å². The maximum Gasteiger partial charge on any atom is 0.345 e. The van der Waals surface area contributed by atoms with Crippen molar-refractivity contribution in [3.05, 3.63) is 0 Å². The van der Waals surface area contributed by atoms with Gasteiger partial charge in [0.15, 0.2) is 0 Å². The maximum absolute atomic E-state index is 10.9. The molecular weight excluding hydrogens is 264 g/mol. The standard InChI is InChI=1S/C13H28O3SSi/c1-5-7-12(9-10-14)18(15-3,16-4)13(11-17)8-6-2/h10,12-13,17H,5-9,11H2,1-4H3. The Bertz CT molecular complexity index is 222. The number of aldehydes is 1. The van der Waals surface area contributed by atoms with Gasteiger partial charge in [0, 0.05) is 31.7 Å². The van der Waals surface area contributed by atoms with Gasteiger partial charge in [-0.05, 0) is 18.6 Å². The van der Waals surface area contributed by atoms with Gasteiger partial charge >= 0.3 is 8.56 Å². The fourth-order valence-electron chi connectivity index (χ4n) is 2.80. The van der Waals surface area contributed by atoms with Gasteiger partial charge in [0.2, 0.25) is 0 Å². The van der Waals surface area contributed by atoms with Gasteiger partial charge in [0.25, 0.3) is 0 Å². The number of carbonyl (C=O) groups excluding carboxylic acids is 1. The van der Waals surface area contributed by atoms with E-state index in [4.69, 9.17) is 8.85 Å². The average molecular weight is 293 g/mol. The lowest BCUT2D eigenvalue weighted by molar-refractivity contribution is -0.108. The molecule has 2 unspecified atom stereocenters. The van der Waals surface area contributed by atoms with Crippen LogP contribution in [0.4, 0.5) is 0 Å². The molecule has 18 heavy (non-hydrogen) atoms. The van der Waals surface area contributed by atoms with E-state index >= 15 is 0 Å². The summed E-state index contributed by atoms with van der Waals surface area (Å²) in [6.07, 6.45) is 5.71. The van der Waals surface area contributed by atoms with Crippen LogP contribution in [0.3, 0.4) is 0 Å². The van der Waals surface area contributed by atoms with Crippen molar-refractivity contribution < 1.29 is 13.6 Å². The van der Waals surface area contributed by atoms with Crippen LogP contribution in [0.25, 0.3) is 0 Å². The molecule has 0 spiro atoms. The highest BCUT2D eigenvalue weighted by Gasteiger charge is 2.49. The zero-order valence-corrected chi connectivity index (χ0v) is 14.0. The van der Waals surface area contributed by atoms with Crippen molar-refractivity contribution in [3.63, 3.8) is 0 Å². The summed E-state index contributed by atoms with van der Waals surface area (Å²) in [6, 6.07) is 0. The van der Waals surface area contributed by atoms with Crippen molar-refractivity contribution in [2.45, 2.75) is 57.0 Å². The third-order valence-electron chi connectivity index (χ3n) is 3.65. The number of carbonyl (C=O) groups is 1. The zero-order valence-electron chi connectivity index (χ0n) is 12.1. The SMILES string of the molecule is CCCC(CS)[Si](OC)(OC)C(CC=O)CCC. The lowest BCUT2D eigenvalue weighted by Crippen LogP contribution is -2.50. The van der Waals surface area contributed by atoms with Crippen molar-refractivity contribution in [2.75, 3.05) is 20.0 Å². The van der Waals surface area contributed by atoms with Gasteiger partial charge in [-0.1, -0.05) is 26.7 Å². The molecule has 5 heteroatoms. The molecule has 2 atom stereocenters. The van der Waals surface area contributed by atoms with Crippen molar-refractivity contribution in [1.29, 1.82) is 0 Å². The van der Waals surface area contributed by atoms with E-state index in [1.54, 1.807) is 14.2 Å². The Morgan fingerprint density at radius 1 is 1.11 bits per heavy atom. The summed E-state index contributed by atoms with van der Waals surface area (Å²) in [5.41, 5.74) is 0.580. The van der Waals surface area contributed by atoms with Gasteiger partial charge < -0.3 is 13.6 Å². The van der Waals surface area contributed by atoms with Crippen LogP contribution in [0.2, 0.25) is 11.1 Å². The Hall–Kier alpha value is 0.157. The molecule has 0 aliphatic carbocycles. The zero-order chi connectivity index (χ0) is 14.0. The largest absolute Gasteiger partial charge is 0.397 e. The van der Waals surface area contributed by atoms with E-state index in [-0.39, 0.29) is 5.54 Å². The molecule has 108 valence electrons. The average Bonchev–Trinajstić information content (AvgIpc) is 2.39. The summed E-state index contributed by atoms with van der Waals surface area (Å²) in [4.78, 5) is 10.9. The fraction of sp³-hybridized carbons (Fsp3) is 0.923. The molecule has 0 aromatic carbocycles. The molecule has 3 nitrogen and oxygen atoms in total. The van der Waals surface area contributed by atoms with Gasteiger partial charge in [-0.15, -0.1) is 0 Å². The Labute approximate surface area is 118 Å². The first-order chi connectivity index (χ1) is 8.66. The highest BCUT2D eigenvalue weighted by molar-refractivity contribution is 7.80. The second-order valence-corrected chi connectivity index (χ2v) is 8.94. The van der Waals surface area contributed by atoms with Crippen LogP contribution in [0.5, 0.6) is 0 Å². The number of thiol groups is 1. The summed E-state index contributed by atoms with van der Waals surface area (Å²) >= 11 is 4.47. The van der Waals surface area contributed by atoms with Gasteiger partial charge in [-0.2, -0.15) is 12.6 Å².